The monoisotopic (exact) mass is 1030 g/mol. The number of rotatable bonds is 61. The first-order valence-corrected chi connectivity index (χ1v) is 32.8. The Balaban J connectivity index is 3.49. The second-order valence-electron chi connectivity index (χ2n) is 22.5. The maximum atomic E-state index is 12.5. The summed E-state index contributed by atoms with van der Waals surface area (Å²) in [6.07, 6.45) is 78.8. The molecule has 0 spiro atoms. The van der Waals surface area contributed by atoms with Crippen LogP contribution in [0.5, 0.6) is 0 Å². The van der Waals surface area contributed by atoms with Crippen LogP contribution in [-0.2, 0) is 14.3 Å². The Morgan fingerprint density at radius 1 is 0.384 bits per heavy atom. The van der Waals surface area contributed by atoms with Crippen molar-refractivity contribution < 1.29 is 24.5 Å². The molecule has 3 N–H and O–H groups in total. The minimum absolute atomic E-state index is 0.0213. The van der Waals surface area contributed by atoms with Gasteiger partial charge < -0.3 is 20.3 Å². The van der Waals surface area contributed by atoms with E-state index in [1.54, 1.807) is 0 Å². The fourth-order valence-corrected chi connectivity index (χ4v) is 10.2. The topological polar surface area (TPSA) is 95.9 Å². The number of aliphatic hydroxyl groups is 2. The minimum Gasteiger partial charge on any atom is -0.466 e. The lowest BCUT2D eigenvalue weighted by atomic mass is 10.0. The summed E-state index contributed by atoms with van der Waals surface area (Å²) in [5, 5.41) is 23.4. The van der Waals surface area contributed by atoms with E-state index in [9.17, 15) is 19.8 Å². The highest BCUT2D eigenvalue weighted by Gasteiger charge is 2.20. The van der Waals surface area contributed by atoms with Crippen molar-refractivity contribution in [3.63, 3.8) is 0 Å². The van der Waals surface area contributed by atoms with E-state index in [-0.39, 0.29) is 18.5 Å². The Hall–Kier alpha value is -1.92. The lowest BCUT2D eigenvalue weighted by Gasteiger charge is -2.22. The van der Waals surface area contributed by atoms with Gasteiger partial charge in [0.25, 0.3) is 0 Å². The van der Waals surface area contributed by atoms with Crippen LogP contribution in [0.3, 0.4) is 0 Å². The molecule has 0 fully saturated rings. The number of unbranched alkanes of at least 4 members (excludes halogenated alkanes) is 45. The molecule has 2 atom stereocenters. The van der Waals surface area contributed by atoms with Gasteiger partial charge in [-0.05, 0) is 83.5 Å². The first kappa shape index (κ1) is 71.1. The van der Waals surface area contributed by atoms with E-state index in [0.717, 1.165) is 77.0 Å². The van der Waals surface area contributed by atoms with Crippen LogP contribution < -0.4 is 5.32 Å². The third kappa shape index (κ3) is 59.2. The third-order valence-electron chi connectivity index (χ3n) is 15.2. The number of esters is 1. The molecule has 0 radical (unpaired) electrons. The van der Waals surface area contributed by atoms with Crippen molar-refractivity contribution >= 4 is 11.9 Å². The van der Waals surface area contributed by atoms with Gasteiger partial charge >= 0.3 is 5.97 Å². The summed E-state index contributed by atoms with van der Waals surface area (Å²) in [6.45, 7) is 4.92. The molecule has 0 heterocycles. The van der Waals surface area contributed by atoms with Crippen molar-refractivity contribution in [3.05, 3.63) is 36.5 Å². The van der Waals surface area contributed by atoms with Crippen molar-refractivity contribution in [2.24, 2.45) is 0 Å². The molecule has 430 valence electrons. The highest BCUT2D eigenvalue weighted by Crippen LogP contribution is 2.18. The molecular formula is C67H127NO5. The van der Waals surface area contributed by atoms with Crippen LogP contribution in [0.15, 0.2) is 36.5 Å². The van der Waals surface area contributed by atoms with E-state index < -0.39 is 12.1 Å². The lowest BCUT2D eigenvalue weighted by molar-refractivity contribution is -0.143. The summed E-state index contributed by atoms with van der Waals surface area (Å²) in [4.78, 5) is 24.6. The van der Waals surface area contributed by atoms with Gasteiger partial charge in [-0.3, -0.25) is 9.59 Å². The van der Waals surface area contributed by atoms with Crippen molar-refractivity contribution in [1.82, 2.24) is 5.32 Å². The molecule has 0 aliphatic heterocycles. The number of hydrogen-bond donors (Lipinski definition) is 3. The zero-order valence-electron chi connectivity index (χ0n) is 49.1. The predicted molar refractivity (Wildman–Crippen MR) is 319 cm³/mol. The molecule has 0 aromatic heterocycles. The number of hydrogen-bond acceptors (Lipinski definition) is 5. The molecule has 0 aromatic rings. The molecule has 6 nitrogen and oxygen atoms in total. The Morgan fingerprint density at radius 2 is 0.685 bits per heavy atom. The predicted octanol–water partition coefficient (Wildman–Crippen LogP) is 20.8. The lowest BCUT2D eigenvalue weighted by Crippen LogP contribution is -2.45. The number of carbonyl (C=O) groups excluding carboxylic acids is 2. The summed E-state index contributed by atoms with van der Waals surface area (Å²) in [6, 6.07) is -0.560. The molecule has 0 saturated heterocycles. The largest absolute Gasteiger partial charge is 0.466 e. The van der Waals surface area contributed by atoms with Gasteiger partial charge in [-0.2, -0.15) is 0 Å². The number of ether oxygens (including phenoxy) is 1. The van der Waals surface area contributed by atoms with E-state index in [0.29, 0.717) is 25.9 Å². The summed E-state index contributed by atoms with van der Waals surface area (Å²) in [5.74, 6) is -0.0757. The quantitative estimate of drug-likeness (QED) is 0.0244. The molecule has 0 saturated carbocycles. The molecule has 0 rings (SSSR count). The Bertz CT molecular complexity index is 1180. The van der Waals surface area contributed by atoms with Crippen LogP contribution in [0.2, 0.25) is 0 Å². The molecule has 2 unspecified atom stereocenters. The van der Waals surface area contributed by atoms with Gasteiger partial charge in [0.05, 0.1) is 25.4 Å². The summed E-state index contributed by atoms with van der Waals surface area (Å²) in [5.41, 5.74) is 0. The molecule has 0 bridgehead atoms. The Labute approximate surface area is 455 Å². The number of amides is 1. The van der Waals surface area contributed by atoms with Crippen LogP contribution in [-0.4, -0.2) is 47.4 Å². The molecule has 1 amide bonds. The number of allylic oxidation sites excluding steroid dienone is 6. The van der Waals surface area contributed by atoms with Crippen molar-refractivity contribution in [1.29, 1.82) is 0 Å². The van der Waals surface area contributed by atoms with Crippen LogP contribution in [0.25, 0.3) is 0 Å². The second-order valence-corrected chi connectivity index (χ2v) is 22.5. The van der Waals surface area contributed by atoms with Gasteiger partial charge in [0.1, 0.15) is 0 Å². The molecule has 0 aliphatic rings. The number of nitrogens with one attached hydrogen (secondary N) is 1. The SMILES string of the molecule is CCCCCCCC/C=C\CCCCCCCCCCCC(=O)OCCCCC/C=C\C=C/CCCCCCCCC(=O)NC(CO)C(O)CCCCCCCCCCCCCCCCCCCCCCCC. The van der Waals surface area contributed by atoms with Gasteiger partial charge in [-0.1, -0.05) is 294 Å². The molecule has 6 heteroatoms. The first-order valence-electron chi connectivity index (χ1n) is 32.8. The standard InChI is InChI=1S/C67H127NO5/c1-3-5-7-9-11-13-15-17-19-21-23-24-25-27-28-31-35-39-43-47-51-55-59-65(70)64(63-69)68-66(71)60-56-52-48-44-40-36-32-30-34-38-42-46-50-54-58-62-73-67(72)61-57-53-49-45-41-37-33-29-26-22-20-18-16-14-12-10-8-6-4-2/h18,20,30,34,38,42,64-65,69-70H,3-17,19,21-29,31-33,35-37,39-41,43-63H2,1-2H3,(H,68,71)/b20-18-,34-30-,42-38-. The molecule has 0 aliphatic carbocycles. The third-order valence-corrected chi connectivity index (χ3v) is 15.2. The van der Waals surface area contributed by atoms with E-state index in [4.69, 9.17) is 4.74 Å². The average molecular weight is 1030 g/mol. The van der Waals surface area contributed by atoms with E-state index in [1.807, 2.05) is 0 Å². The number of carbonyl (C=O) groups is 2. The Kier molecular flexibility index (Phi) is 61.0. The van der Waals surface area contributed by atoms with Gasteiger partial charge in [-0.15, -0.1) is 0 Å². The summed E-state index contributed by atoms with van der Waals surface area (Å²) in [7, 11) is 0. The van der Waals surface area contributed by atoms with Crippen molar-refractivity contribution in [2.75, 3.05) is 13.2 Å². The fraction of sp³-hybridized carbons (Fsp3) is 0.881. The molecule has 73 heavy (non-hydrogen) atoms. The van der Waals surface area contributed by atoms with Crippen LogP contribution in [0.4, 0.5) is 0 Å². The van der Waals surface area contributed by atoms with Crippen molar-refractivity contribution in [3.8, 4) is 0 Å². The van der Waals surface area contributed by atoms with Gasteiger partial charge in [-0.25, -0.2) is 0 Å². The smallest absolute Gasteiger partial charge is 0.305 e. The van der Waals surface area contributed by atoms with Crippen LogP contribution >= 0.6 is 0 Å². The number of aliphatic hydroxyl groups excluding tert-OH is 2. The van der Waals surface area contributed by atoms with Gasteiger partial charge in [0.2, 0.25) is 5.91 Å². The minimum atomic E-state index is -0.681. The van der Waals surface area contributed by atoms with Crippen LogP contribution in [0.1, 0.15) is 354 Å². The summed E-state index contributed by atoms with van der Waals surface area (Å²) < 4.78 is 5.47. The second kappa shape index (κ2) is 62.6. The zero-order valence-corrected chi connectivity index (χ0v) is 49.1. The van der Waals surface area contributed by atoms with E-state index in [2.05, 4.69) is 55.6 Å². The van der Waals surface area contributed by atoms with Gasteiger partial charge in [0, 0.05) is 12.8 Å². The zero-order chi connectivity index (χ0) is 52.9. The highest BCUT2D eigenvalue weighted by molar-refractivity contribution is 5.76. The first-order chi connectivity index (χ1) is 36.0. The Morgan fingerprint density at radius 3 is 1.05 bits per heavy atom. The molecule has 0 aromatic carbocycles. The summed E-state index contributed by atoms with van der Waals surface area (Å²) >= 11 is 0. The van der Waals surface area contributed by atoms with Gasteiger partial charge in [0.15, 0.2) is 0 Å². The highest BCUT2D eigenvalue weighted by atomic mass is 16.5. The maximum Gasteiger partial charge on any atom is 0.305 e. The molecular weight excluding hydrogens is 899 g/mol. The normalized spacial score (nSPS) is 12.8. The average Bonchev–Trinajstić information content (AvgIpc) is 3.39. The van der Waals surface area contributed by atoms with E-state index >= 15 is 0 Å². The maximum absolute atomic E-state index is 12.5. The van der Waals surface area contributed by atoms with Crippen LogP contribution in [0, 0.1) is 0 Å². The van der Waals surface area contributed by atoms with E-state index in [1.165, 1.54) is 244 Å². The van der Waals surface area contributed by atoms with Crippen molar-refractivity contribution in [2.45, 2.75) is 366 Å². The fourth-order valence-electron chi connectivity index (χ4n) is 10.2.